The zero-order valence-electron chi connectivity index (χ0n) is 22.5. The SMILES string of the molecule is COc1cnc2c(Oc3ccc(NC(=O)c4c(C)n(CC(F)F)cc(-c5ccc(F)c(F)c5)c4=O)cc3F)ccnc2c1. The zero-order chi connectivity index (χ0) is 30.8. The van der Waals surface area contributed by atoms with E-state index >= 15 is 4.39 Å². The molecule has 0 atom stereocenters. The van der Waals surface area contributed by atoms with E-state index in [1.165, 1.54) is 44.6 Å². The number of ether oxygens (including phenoxy) is 2. The molecule has 0 saturated heterocycles. The average Bonchev–Trinajstić information content (AvgIpc) is 2.97. The van der Waals surface area contributed by atoms with Crippen LogP contribution >= 0.6 is 0 Å². The molecule has 3 aromatic heterocycles. The van der Waals surface area contributed by atoms with Gasteiger partial charge in [0, 0.05) is 47.5 Å². The number of methoxy groups -OCH3 is 1. The third kappa shape index (κ3) is 6.01. The molecule has 1 amide bonds. The molecule has 0 bridgehead atoms. The Morgan fingerprint density at radius 3 is 2.47 bits per heavy atom. The number of hydrogen-bond acceptors (Lipinski definition) is 6. The van der Waals surface area contributed by atoms with E-state index in [2.05, 4.69) is 15.3 Å². The smallest absolute Gasteiger partial charge is 0.261 e. The van der Waals surface area contributed by atoms with Crippen LogP contribution < -0.4 is 20.2 Å². The highest BCUT2D eigenvalue weighted by Crippen LogP contribution is 2.31. The second kappa shape index (κ2) is 11.9. The second-order valence-corrected chi connectivity index (χ2v) is 9.26. The number of amides is 1. The summed E-state index contributed by atoms with van der Waals surface area (Å²) in [5.41, 5.74) is -1.27. The number of nitrogens with one attached hydrogen (secondary N) is 1. The van der Waals surface area contributed by atoms with Gasteiger partial charge in [0.05, 0.1) is 25.4 Å². The van der Waals surface area contributed by atoms with Gasteiger partial charge in [-0.25, -0.2) is 26.9 Å². The lowest BCUT2D eigenvalue weighted by atomic mass is 10.0. The van der Waals surface area contributed by atoms with Gasteiger partial charge in [-0.3, -0.25) is 14.6 Å². The summed E-state index contributed by atoms with van der Waals surface area (Å²) in [6.45, 7) is 0.406. The van der Waals surface area contributed by atoms with Crippen LogP contribution in [0.15, 0.2) is 71.9 Å². The van der Waals surface area contributed by atoms with Crippen molar-refractivity contribution in [1.29, 1.82) is 0 Å². The van der Waals surface area contributed by atoms with Crippen LogP contribution in [0.3, 0.4) is 0 Å². The number of aromatic nitrogens is 3. The highest BCUT2D eigenvalue weighted by atomic mass is 19.3. The summed E-state index contributed by atoms with van der Waals surface area (Å²) in [7, 11) is 1.47. The quantitative estimate of drug-likeness (QED) is 0.206. The largest absolute Gasteiger partial charge is 0.495 e. The molecule has 0 spiro atoms. The number of benzene rings is 2. The van der Waals surface area contributed by atoms with Crippen molar-refractivity contribution in [2.75, 3.05) is 12.4 Å². The molecule has 5 aromatic rings. The topological polar surface area (TPSA) is 95.3 Å². The molecule has 0 radical (unpaired) electrons. The van der Waals surface area contributed by atoms with Crippen molar-refractivity contribution in [3.05, 3.63) is 106 Å². The van der Waals surface area contributed by atoms with Gasteiger partial charge < -0.3 is 19.4 Å². The summed E-state index contributed by atoms with van der Waals surface area (Å²) in [6, 6.07) is 9.19. The fourth-order valence-electron chi connectivity index (χ4n) is 4.38. The molecule has 13 heteroatoms. The highest BCUT2D eigenvalue weighted by Gasteiger charge is 2.23. The van der Waals surface area contributed by atoms with Gasteiger partial charge in [-0.05, 0) is 36.8 Å². The highest BCUT2D eigenvalue weighted by molar-refractivity contribution is 6.05. The van der Waals surface area contributed by atoms with Crippen LogP contribution in [0.2, 0.25) is 0 Å². The van der Waals surface area contributed by atoms with Crippen LogP contribution in [-0.2, 0) is 6.54 Å². The minimum atomic E-state index is -2.86. The number of hydrogen-bond donors (Lipinski definition) is 1. The second-order valence-electron chi connectivity index (χ2n) is 9.26. The Labute approximate surface area is 240 Å². The first-order valence-electron chi connectivity index (χ1n) is 12.6. The fourth-order valence-corrected chi connectivity index (χ4v) is 4.38. The summed E-state index contributed by atoms with van der Waals surface area (Å²) >= 11 is 0. The number of carbonyl (C=O) groups is 1. The standard InChI is InChI=1S/C30H21F5N4O4/c1-15-27(29(40)19(13-39(15)14-26(34)35)16-3-5-20(31)21(32)9-16)30(41)38-17-4-6-24(22(33)10-17)43-25-7-8-36-23-11-18(42-2)12-37-28(23)25/h3-13,26H,14H2,1-2H3,(H,38,41). The Hall–Kier alpha value is -5.33. The molecule has 43 heavy (non-hydrogen) atoms. The van der Waals surface area contributed by atoms with E-state index in [0.29, 0.717) is 16.8 Å². The van der Waals surface area contributed by atoms with Gasteiger partial charge in [-0.15, -0.1) is 0 Å². The van der Waals surface area contributed by atoms with E-state index in [9.17, 15) is 27.2 Å². The van der Waals surface area contributed by atoms with Crippen molar-refractivity contribution in [2.24, 2.45) is 0 Å². The maximum absolute atomic E-state index is 15.1. The van der Waals surface area contributed by atoms with Crippen LogP contribution in [-0.4, -0.2) is 34.0 Å². The van der Waals surface area contributed by atoms with Crippen molar-refractivity contribution in [3.63, 3.8) is 0 Å². The number of carbonyl (C=O) groups excluding carboxylic acids is 1. The number of nitrogens with zero attached hydrogens (tertiary/aromatic N) is 3. The van der Waals surface area contributed by atoms with Crippen molar-refractivity contribution >= 4 is 22.6 Å². The number of anilines is 1. The first-order chi connectivity index (χ1) is 20.5. The number of pyridine rings is 3. The van der Waals surface area contributed by atoms with Gasteiger partial charge in [0.15, 0.2) is 29.0 Å². The molecule has 0 unspecified atom stereocenters. The normalized spacial score (nSPS) is 11.2. The van der Waals surface area contributed by atoms with Crippen molar-refractivity contribution in [1.82, 2.24) is 14.5 Å². The van der Waals surface area contributed by atoms with E-state index in [4.69, 9.17) is 9.47 Å². The van der Waals surface area contributed by atoms with E-state index in [0.717, 1.165) is 35.0 Å². The van der Waals surface area contributed by atoms with Gasteiger partial charge in [0.2, 0.25) is 5.43 Å². The van der Waals surface area contributed by atoms with Crippen LogP contribution in [0.5, 0.6) is 17.2 Å². The van der Waals surface area contributed by atoms with Gasteiger partial charge in [0.1, 0.15) is 16.8 Å². The number of alkyl halides is 2. The van der Waals surface area contributed by atoms with Gasteiger partial charge in [0.25, 0.3) is 12.3 Å². The minimum absolute atomic E-state index is 0.0743. The Balaban J connectivity index is 1.46. The summed E-state index contributed by atoms with van der Waals surface area (Å²) in [5, 5.41) is 2.39. The summed E-state index contributed by atoms with van der Waals surface area (Å²) in [4.78, 5) is 35.0. The van der Waals surface area contributed by atoms with Gasteiger partial charge in [-0.1, -0.05) is 6.07 Å². The van der Waals surface area contributed by atoms with Crippen LogP contribution in [0.4, 0.5) is 27.6 Å². The monoisotopic (exact) mass is 596 g/mol. The first-order valence-corrected chi connectivity index (χ1v) is 12.6. The Morgan fingerprint density at radius 1 is 0.977 bits per heavy atom. The lowest BCUT2D eigenvalue weighted by molar-refractivity contribution is 0.102. The molecule has 8 nitrogen and oxygen atoms in total. The first kappa shape index (κ1) is 29.2. The predicted molar refractivity (Wildman–Crippen MR) is 147 cm³/mol. The lowest BCUT2D eigenvalue weighted by Gasteiger charge is -2.17. The van der Waals surface area contributed by atoms with Crippen molar-refractivity contribution in [3.8, 4) is 28.4 Å². The maximum atomic E-state index is 15.1. The number of rotatable bonds is 8. The van der Waals surface area contributed by atoms with E-state index in [1.807, 2.05) is 0 Å². The lowest BCUT2D eigenvalue weighted by Crippen LogP contribution is -2.28. The van der Waals surface area contributed by atoms with E-state index in [1.54, 1.807) is 6.07 Å². The third-order valence-corrected chi connectivity index (χ3v) is 6.50. The van der Waals surface area contributed by atoms with Gasteiger partial charge in [-0.2, -0.15) is 0 Å². The number of halogens is 5. The molecule has 0 aliphatic heterocycles. The molecule has 0 fully saturated rings. The maximum Gasteiger partial charge on any atom is 0.261 e. The molecule has 3 heterocycles. The van der Waals surface area contributed by atoms with E-state index < -0.39 is 47.3 Å². The summed E-state index contributed by atoms with van der Waals surface area (Å²) in [6.07, 6.45) is 1.09. The molecule has 5 rings (SSSR count). The Bertz CT molecular complexity index is 1930. The fraction of sp³-hybridized carbons (Fsp3) is 0.133. The zero-order valence-corrected chi connectivity index (χ0v) is 22.5. The third-order valence-electron chi connectivity index (χ3n) is 6.50. The molecule has 0 aliphatic rings. The van der Waals surface area contributed by atoms with Crippen molar-refractivity contribution in [2.45, 2.75) is 19.9 Å². The van der Waals surface area contributed by atoms with Crippen LogP contribution in [0.25, 0.3) is 22.2 Å². The molecule has 220 valence electrons. The Kier molecular flexibility index (Phi) is 8.06. The number of fused-ring (bicyclic) bond motifs is 1. The molecule has 1 N–H and O–H groups in total. The van der Waals surface area contributed by atoms with Gasteiger partial charge >= 0.3 is 0 Å². The average molecular weight is 597 g/mol. The molecule has 0 saturated carbocycles. The van der Waals surface area contributed by atoms with Crippen LogP contribution in [0.1, 0.15) is 16.1 Å². The Morgan fingerprint density at radius 2 is 1.77 bits per heavy atom. The summed E-state index contributed by atoms with van der Waals surface area (Å²) in [5.74, 6) is -3.89. The van der Waals surface area contributed by atoms with Crippen molar-refractivity contribution < 1.29 is 36.2 Å². The van der Waals surface area contributed by atoms with E-state index in [-0.39, 0.29) is 34.0 Å². The molecule has 0 aliphatic carbocycles. The molecular weight excluding hydrogens is 575 g/mol. The molecular formula is C30H21F5N4O4. The van der Waals surface area contributed by atoms with Crippen LogP contribution in [0, 0.1) is 24.4 Å². The summed E-state index contributed by atoms with van der Waals surface area (Å²) < 4.78 is 80.9. The molecule has 2 aromatic carbocycles. The predicted octanol–water partition coefficient (Wildman–Crippen LogP) is 6.50. The minimum Gasteiger partial charge on any atom is -0.495 e.